The lowest BCUT2D eigenvalue weighted by Gasteiger charge is -2.31. The van der Waals surface area contributed by atoms with Gasteiger partial charge in [0.05, 0.1) is 24.9 Å². The maximum Gasteiger partial charge on any atom is 0.241 e. The predicted molar refractivity (Wildman–Crippen MR) is 76.9 cm³/mol. The molecule has 0 bridgehead atoms. The molecule has 1 amide bonds. The molecule has 1 aliphatic heterocycles. The van der Waals surface area contributed by atoms with Crippen molar-refractivity contribution in [2.45, 2.75) is 19.9 Å². The third kappa shape index (κ3) is 3.43. The van der Waals surface area contributed by atoms with Gasteiger partial charge in [-0.25, -0.2) is 0 Å². The van der Waals surface area contributed by atoms with Gasteiger partial charge in [0, 0.05) is 18.7 Å². The SMILES string of the molecule is CC(=O)c1ccccc1NC(=O)[C@H](C)N1CCOCC1. The van der Waals surface area contributed by atoms with Gasteiger partial charge in [-0.1, -0.05) is 12.1 Å². The van der Waals surface area contributed by atoms with E-state index in [1.54, 1.807) is 24.3 Å². The zero-order valence-electron chi connectivity index (χ0n) is 11.9. The van der Waals surface area contributed by atoms with Crippen LogP contribution in [0.1, 0.15) is 24.2 Å². The summed E-state index contributed by atoms with van der Waals surface area (Å²) in [5.41, 5.74) is 1.11. The summed E-state index contributed by atoms with van der Waals surface area (Å²) in [5.74, 6) is -0.152. The summed E-state index contributed by atoms with van der Waals surface area (Å²) in [6.07, 6.45) is 0. The Morgan fingerprint density at radius 1 is 1.25 bits per heavy atom. The zero-order valence-corrected chi connectivity index (χ0v) is 11.9. The van der Waals surface area contributed by atoms with E-state index in [1.165, 1.54) is 6.92 Å². The molecule has 0 radical (unpaired) electrons. The largest absolute Gasteiger partial charge is 0.379 e. The summed E-state index contributed by atoms with van der Waals surface area (Å²) in [4.78, 5) is 25.9. The topological polar surface area (TPSA) is 58.6 Å². The van der Waals surface area contributed by atoms with E-state index in [0.717, 1.165) is 13.1 Å². The Morgan fingerprint density at radius 2 is 1.90 bits per heavy atom. The van der Waals surface area contributed by atoms with Crippen molar-refractivity contribution in [2.24, 2.45) is 0 Å². The number of ketones is 1. The zero-order chi connectivity index (χ0) is 14.5. The molecular weight excluding hydrogens is 256 g/mol. The number of nitrogens with one attached hydrogen (secondary N) is 1. The normalized spacial score (nSPS) is 17.5. The first-order chi connectivity index (χ1) is 9.59. The van der Waals surface area contributed by atoms with Crippen molar-refractivity contribution in [3.8, 4) is 0 Å². The van der Waals surface area contributed by atoms with E-state index >= 15 is 0 Å². The van der Waals surface area contributed by atoms with Crippen molar-refractivity contribution in [1.82, 2.24) is 4.90 Å². The van der Waals surface area contributed by atoms with Crippen molar-refractivity contribution >= 4 is 17.4 Å². The van der Waals surface area contributed by atoms with Crippen LogP contribution in [-0.2, 0) is 9.53 Å². The van der Waals surface area contributed by atoms with Crippen LogP contribution in [0, 0.1) is 0 Å². The molecule has 20 heavy (non-hydrogen) atoms. The minimum Gasteiger partial charge on any atom is -0.379 e. The molecule has 1 saturated heterocycles. The molecule has 1 heterocycles. The first-order valence-corrected chi connectivity index (χ1v) is 6.82. The van der Waals surface area contributed by atoms with E-state index in [2.05, 4.69) is 10.2 Å². The lowest BCUT2D eigenvalue weighted by Crippen LogP contribution is -2.47. The molecule has 0 spiro atoms. The van der Waals surface area contributed by atoms with Gasteiger partial charge in [-0.2, -0.15) is 0 Å². The van der Waals surface area contributed by atoms with Crippen molar-refractivity contribution in [3.63, 3.8) is 0 Å². The third-order valence-electron chi connectivity index (χ3n) is 3.54. The van der Waals surface area contributed by atoms with Gasteiger partial charge in [0.2, 0.25) is 5.91 Å². The first kappa shape index (κ1) is 14.7. The minimum absolute atomic E-state index is 0.0556. The van der Waals surface area contributed by atoms with Gasteiger partial charge in [-0.15, -0.1) is 0 Å². The average molecular weight is 276 g/mol. The average Bonchev–Trinajstić information content (AvgIpc) is 2.47. The van der Waals surface area contributed by atoms with Crippen LogP contribution in [0.4, 0.5) is 5.69 Å². The number of nitrogens with zero attached hydrogens (tertiary/aromatic N) is 1. The Balaban J connectivity index is 2.05. The quantitative estimate of drug-likeness (QED) is 0.848. The van der Waals surface area contributed by atoms with E-state index < -0.39 is 0 Å². The molecule has 1 fully saturated rings. The highest BCUT2D eigenvalue weighted by Crippen LogP contribution is 2.16. The number of ether oxygens (including phenoxy) is 1. The van der Waals surface area contributed by atoms with E-state index in [4.69, 9.17) is 4.74 Å². The smallest absolute Gasteiger partial charge is 0.241 e. The molecule has 1 aliphatic rings. The van der Waals surface area contributed by atoms with E-state index in [0.29, 0.717) is 24.5 Å². The lowest BCUT2D eigenvalue weighted by atomic mass is 10.1. The Morgan fingerprint density at radius 3 is 2.55 bits per heavy atom. The number of hydrogen-bond donors (Lipinski definition) is 1. The molecule has 1 atom stereocenters. The summed E-state index contributed by atoms with van der Waals surface area (Å²) in [5, 5.41) is 2.85. The molecule has 1 N–H and O–H groups in total. The van der Waals surface area contributed by atoms with Crippen LogP contribution in [0.5, 0.6) is 0 Å². The summed E-state index contributed by atoms with van der Waals surface area (Å²) in [6, 6.07) is 6.83. The number of para-hydroxylation sites is 1. The summed E-state index contributed by atoms with van der Waals surface area (Å²) < 4.78 is 5.28. The van der Waals surface area contributed by atoms with Crippen LogP contribution in [-0.4, -0.2) is 48.9 Å². The first-order valence-electron chi connectivity index (χ1n) is 6.82. The van der Waals surface area contributed by atoms with Gasteiger partial charge in [0.25, 0.3) is 0 Å². The van der Waals surface area contributed by atoms with Gasteiger partial charge in [-0.3, -0.25) is 14.5 Å². The molecule has 5 heteroatoms. The van der Waals surface area contributed by atoms with Crippen LogP contribution >= 0.6 is 0 Å². The second kappa shape index (κ2) is 6.63. The van der Waals surface area contributed by atoms with E-state index in [9.17, 15) is 9.59 Å². The van der Waals surface area contributed by atoms with E-state index in [-0.39, 0.29) is 17.7 Å². The summed E-state index contributed by atoms with van der Waals surface area (Å²) in [7, 11) is 0. The maximum atomic E-state index is 12.3. The Kier molecular flexibility index (Phi) is 4.87. The Hall–Kier alpha value is -1.72. The number of amides is 1. The lowest BCUT2D eigenvalue weighted by molar-refractivity contribution is -0.122. The predicted octanol–water partition coefficient (Wildman–Crippen LogP) is 1.55. The number of Topliss-reactive ketones (excluding diaryl/α,β-unsaturated/α-hetero) is 1. The number of carbonyl (C=O) groups is 2. The molecular formula is C15H20N2O3. The minimum atomic E-state index is -0.237. The standard InChI is InChI=1S/C15H20N2O3/c1-11(17-7-9-20-10-8-17)15(19)16-14-6-4-3-5-13(14)12(2)18/h3-6,11H,7-10H2,1-2H3,(H,16,19)/t11-/m0/s1. The number of hydrogen-bond acceptors (Lipinski definition) is 4. The molecule has 0 aromatic heterocycles. The molecule has 0 unspecified atom stereocenters. The van der Waals surface area contributed by atoms with Crippen molar-refractivity contribution in [2.75, 3.05) is 31.6 Å². The fraction of sp³-hybridized carbons (Fsp3) is 0.467. The number of rotatable bonds is 4. The number of morpholine rings is 1. The number of anilines is 1. The highest BCUT2D eigenvalue weighted by molar-refractivity contribution is 6.04. The van der Waals surface area contributed by atoms with Crippen molar-refractivity contribution in [1.29, 1.82) is 0 Å². The second-order valence-electron chi connectivity index (χ2n) is 4.92. The summed E-state index contributed by atoms with van der Waals surface area (Å²) in [6.45, 7) is 6.18. The fourth-order valence-corrected chi connectivity index (χ4v) is 2.27. The molecule has 1 aromatic rings. The Bertz CT molecular complexity index is 496. The molecule has 5 nitrogen and oxygen atoms in total. The maximum absolute atomic E-state index is 12.3. The van der Waals surface area contributed by atoms with Gasteiger partial charge in [-0.05, 0) is 26.0 Å². The highest BCUT2D eigenvalue weighted by atomic mass is 16.5. The van der Waals surface area contributed by atoms with Gasteiger partial charge in [0.15, 0.2) is 5.78 Å². The number of carbonyl (C=O) groups excluding carboxylic acids is 2. The van der Waals surface area contributed by atoms with Gasteiger partial charge in [0.1, 0.15) is 0 Å². The van der Waals surface area contributed by atoms with E-state index in [1.807, 2.05) is 6.92 Å². The second-order valence-corrected chi connectivity index (χ2v) is 4.92. The van der Waals surface area contributed by atoms with Crippen LogP contribution in [0.2, 0.25) is 0 Å². The highest BCUT2D eigenvalue weighted by Gasteiger charge is 2.23. The fourth-order valence-electron chi connectivity index (χ4n) is 2.27. The Labute approximate surface area is 118 Å². The van der Waals surface area contributed by atoms with Crippen LogP contribution in [0.25, 0.3) is 0 Å². The van der Waals surface area contributed by atoms with Crippen LogP contribution < -0.4 is 5.32 Å². The van der Waals surface area contributed by atoms with Crippen molar-refractivity contribution < 1.29 is 14.3 Å². The summed E-state index contributed by atoms with van der Waals surface area (Å²) >= 11 is 0. The van der Waals surface area contributed by atoms with Crippen LogP contribution in [0.15, 0.2) is 24.3 Å². The van der Waals surface area contributed by atoms with Gasteiger partial charge < -0.3 is 10.1 Å². The van der Waals surface area contributed by atoms with Crippen molar-refractivity contribution in [3.05, 3.63) is 29.8 Å². The molecule has 1 aromatic carbocycles. The molecule has 0 aliphatic carbocycles. The monoisotopic (exact) mass is 276 g/mol. The molecule has 2 rings (SSSR count). The molecule has 108 valence electrons. The number of benzene rings is 1. The van der Waals surface area contributed by atoms with Crippen LogP contribution in [0.3, 0.4) is 0 Å². The third-order valence-corrected chi connectivity index (χ3v) is 3.54. The van der Waals surface area contributed by atoms with Gasteiger partial charge >= 0.3 is 0 Å². The molecule has 0 saturated carbocycles.